The van der Waals surface area contributed by atoms with E-state index in [4.69, 9.17) is 11.6 Å². The first-order valence-electron chi connectivity index (χ1n) is 5.32. The van der Waals surface area contributed by atoms with Crippen LogP contribution in [0.4, 0.5) is 0 Å². The topological polar surface area (TPSA) is 17.1 Å². The third kappa shape index (κ3) is 3.49. The highest BCUT2D eigenvalue weighted by Crippen LogP contribution is 2.32. The molecule has 0 bridgehead atoms. The van der Waals surface area contributed by atoms with Gasteiger partial charge in [-0.15, -0.1) is 6.58 Å². The van der Waals surface area contributed by atoms with Crippen LogP contribution < -0.4 is 0 Å². The number of carbonyl (C=O) groups is 1. The highest BCUT2D eigenvalue weighted by Gasteiger charge is 2.31. The number of rotatable bonds is 5. The summed E-state index contributed by atoms with van der Waals surface area (Å²) < 4.78 is 0. The van der Waals surface area contributed by atoms with Crippen molar-refractivity contribution in [1.82, 2.24) is 0 Å². The average molecular weight is 237 g/mol. The summed E-state index contributed by atoms with van der Waals surface area (Å²) in [5.74, 6) is 0. The molecule has 0 aliphatic carbocycles. The van der Waals surface area contributed by atoms with Crippen LogP contribution in [-0.4, -0.2) is 5.24 Å². The Hall–Kier alpha value is -1.08. The molecular weight excluding hydrogens is 220 g/mol. The van der Waals surface area contributed by atoms with Crippen molar-refractivity contribution >= 4 is 16.8 Å². The van der Waals surface area contributed by atoms with Gasteiger partial charge in [0, 0.05) is 5.41 Å². The molecular formula is C14H17ClO. The Kier molecular flexibility index (Phi) is 4.31. The summed E-state index contributed by atoms with van der Waals surface area (Å²) in [7, 11) is 0. The number of hydrogen-bond donors (Lipinski definition) is 0. The number of allylic oxidation sites excluding steroid dienone is 1. The zero-order valence-corrected chi connectivity index (χ0v) is 10.6. The highest BCUT2D eigenvalue weighted by molar-refractivity contribution is 6.64. The molecule has 1 aromatic carbocycles. The van der Waals surface area contributed by atoms with Crippen molar-refractivity contribution in [3.8, 4) is 0 Å². The Morgan fingerprint density at radius 2 is 1.94 bits per heavy atom. The third-order valence-corrected chi connectivity index (χ3v) is 3.06. The Morgan fingerprint density at radius 3 is 2.38 bits per heavy atom. The summed E-state index contributed by atoms with van der Waals surface area (Å²) >= 11 is 5.70. The summed E-state index contributed by atoms with van der Waals surface area (Å²) in [6, 6.07) is 9.92. The molecule has 0 aliphatic rings. The first-order chi connectivity index (χ1) is 7.44. The van der Waals surface area contributed by atoms with Crippen molar-refractivity contribution in [2.45, 2.75) is 26.7 Å². The molecule has 1 atom stereocenters. The largest absolute Gasteiger partial charge is 0.281 e. The van der Waals surface area contributed by atoms with Gasteiger partial charge in [0.2, 0.25) is 5.24 Å². The maximum Gasteiger partial charge on any atom is 0.228 e. The summed E-state index contributed by atoms with van der Waals surface area (Å²) in [6.07, 6.45) is 1.28. The van der Waals surface area contributed by atoms with Crippen molar-refractivity contribution in [1.29, 1.82) is 0 Å². The minimum Gasteiger partial charge on any atom is -0.281 e. The van der Waals surface area contributed by atoms with E-state index >= 15 is 0 Å². The van der Waals surface area contributed by atoms with Crippen molar-refractivity contribution < 1.29 is 4.79 Å². The van der Waals surface area contributed by atoms with Crippen LogP contribution in [0.1, 0.15) is 25.8 Å². The van der Waals surface area contributed by atoms with Crippen LogP contribution >= 0.6 is 11.6 Å². The molecule has 0 saturated carbocycles. The average Bonchev–Trinajstić information content (AvgIpc) is 2.17. The third-order valence-electron chi connectivity index (χ3n) is 2.60. The summed E-state index contributed by atoms with van der Waals surface area (Å²) in [5.41, 5.74) is 1.56. The van der Waals surface area contributed by atoms with E-state index in [1.807, 2.05) is 44.2 Å². The van der Waals surface area contributed by atoms with E-state index in [2.05, 4.69) is 6.58 Å². The molecule has 0 spiro atoms. The highest BCUT2D eigenvalue weighted by atomic mass is 35.5. The van der Waals surface area contributed by atoms with Gasteiger partial charge in [-0.25, -0.2) is 0 Å². The Bertz CT molecular complexity index is 383. The fraction of sp³-hybridized carbons (Fsp3) is 0.357. The minimum absolute atomic E-state index is 0.292. The van der Waals surface area contributed by atoms with E-state index < -0.39 is 5.41 Å². The van der Waals surface area contributed by atoms with E-state index in [1.165, 1.54) is 0 Å². The van der Waals surface area contributed by atoms with Crippen molar-refractivity contribution in [3.63, 3.8) is 0 Å². The molecule has 0 aromatic heterocycles. The van der Waals surface area contributed by atoms with Gasteiger partial charge in [0.25, 0.3) is 0 Å². The molecule has 1 aromatic rings. The molecule has 1 rings (SSSR count). The maximum absolute atomic E-state index is 11.5. The molecule has 0 aliphatic heterocycles. The zero-order chi connectivity index (χ0) is 12.2. The molecule has 0 saturated heterocycles. The number of halogens is 1. The second kappa shape index (κ2) is 5.31. The first-order valence-corrected chi connectivity index (χ1v) is 5.70. The smallest absolute Gasteiger partial charge is 0.228 e. The Morgan fingerprint density at radius 1 is 1.38 bits per heavy atom. The lowest BCUT2D eigenvalue weighted by molar-refractivity contribution is -0.119. The standard InChI is InChI=1S/C14H17ClO/c1-11(2)9-14(3,13(15)16)10-12-7-5-4-6-8-12/h4-8H,1,9-10H2,2-3H3/t14-/m1/s1. The zero-order valence-electron chi connectivity index (χ0n) is 9.79. The molecule has 0 fully saturated rings. The summed E-state index contributed by atoms with van der Waals surface area (Å²) in [6.45, 7) is 7.67. The predicted octanol–water partition coefficient (Wildman–Crippen LogP) is 3.97. The number of hydrogen-bond acceptors (Lipinski definition) is 1. The number of carbonyl (C=O) groups excluding carboxylic acids is 1. The SMILES string of the molecule is C=C(C)C[C@](C)(Cc1ccccc1)C(=O)Cl. The van der Waals surface area contributed by atoms with E-state index in [0.717, 1.165) is 11.1 Å². The van der Waals surface area contributed by atoms with Crippen LogP contribution in [0.25, 0.3) is 0 Å². The van der Waals surface area contributed by atoms with Gasteiger partial charge in [-0.2, -0.15) is 0 Å². The second-order valence-electron chi connectivity index (χ2n) is 4.63. The normalized spacial score (nSPS) is 14.2. The molecule has 86 valence electrons. The van der Waals surface area contributed by atoms with Gasteiger partial charge in [0.15, 0.2) is 0 Å². The van der Waals surface area contributed by atoms with Gasteiger partial charge >= 0.3 is 0 Å². The van der Waals surface area contributed by atoms with E-state index in [1.54, 1.807) is 0 Å². The van der Waals surface area contributed by atoms with Crippen LogP contribution in [0.15, 0.2) is 42.5 Å². The lowest BCUT2D eigenvalue weighted by Gasteiger charge is -2.25. The quantitative estimate of drug-likeness (QED) is 0.559. The van der Waals surface area contributed by atoms with E-state index in [9.17, 15) is 4.79 Å². The van der Waals surface area contributed by atoms with Gasteiger partial charge < -0.3 is 0 Å². The van der Waals surface area contributed by atoms with Crippen LogP contribution in [0.5, 0.6) is 0 Å². The lowest BCUT2D eigenvalue weighted by atomic mass is 9.80. The molecule has 2 heteroatoms. The Balaban J connectivity index is 2.87. The minimum atomic E-state index is -0.547. The van der Waals surface area contributed by atoms with Crippen molar-refractivity contribution in [2.75, 3.05) is 0 Å². The Labute approximate surface area is 102 Å². The summed E-state index contributed by atoms with van der Waals surface area (Å²) in [4.78, 5) is 11.5. The van der Waals surface area contributed by atoms with E-state index in [-0.39, 0.29) is 5.24 Å². The van der Waals surface area contributed by atoms with Gasteiger partial charge in [-0.3, -0.25) is 4.79 Å². The monoisotopic (exact) mass is 236 g/mol. The fourth-order valence-electron chi connectivity index (χ4n) is 1.91. The molecule has 0 heterocycles. The molecule has 0 amide bonds. The van der Waals surface area contributed by atoms with Gasteiger partial charge in [0.05, 0.1) is 0 Å². The molecule has 0 N–H and O–H groups in total. The van der Waals surface area contributed by atoms with Gasteiger partial charge in [0.1, 0.15) is 0 Å². The van der Waals surface area contributed by atoms with Crippen molar-refractivity contribution in [2.24, 2.45) is 5.41 Å². The van der Waals surface area contributed by atoms with Crippen LogP contribution in [-0.2, 0) is 11.2 Å². The van der Waals surface area contributed by atoms with Gasteiger partial charge in [-0.1, -0.05) is 42.8 Å². The van der Waals surface area contributed by atoms with Crippen molar-refractivity contribution in [3.05, 3.63) is 48.0 Å². The molecule has 0 radical (unpaired) electrons. The fourth-order valence-corrected chi connectivity index (χ4v) is 2.05. The molecule has 0 unspecified atom stereocenters. The van der Waals surface area contributed by atoms with Crippen LogP contribution in [0.3, 0.4) is 0 Å². The second-order valence-corrected chi connectivity index (χ2v) is 4.97. The van der Waals surface area contributed by atoms with Gasteiger partial charge in [-0.05, 0) is 36.9 Å². The van der Waals surface area contributed by atoms with Crippen LogP contribution in [0.2, 0.25) is 0 Å². The number of benzene rings is 1. The summed E-state index contributed by atoms with van der Waals surface area (Å²) in [5, 5.41) is -0.292. The predicted molar refractivity (Wildman–Crippen MR) is 68.5 cm³/mol. The molecule has 1 nitrogen and oxygen atoms in total. The van der Waals surface area contributed by atoms with Crippen LogP contribution in [0, 0.1) is 5.41 Å². The molecule has 16 heavy (non-hydrogen) atoms. The van der Waals surface area contributed by atoms with E-state index in [0.29, 0.717) is 12.8 Å². The maximum atomic E-state index is 11.5. The lowest BCUT2D eigenvalue weighted by Crippen LogP contribution is -2.27. The first kappa shape index (κ1) is 13.0.